The van der Waals surface area contributed by atoms with E-state index in [0.29, 0.717) is 34.9 Å². The van der Waals surface area contributed by atoms with Crippen LogP contribution in [0.1, 0.15) is 49.6 Å². The molecule has 0 aliphatic carbocycles. The first-order chi connectivity index (χ1) is 24.0. The van der Waals surface area contributed by atoms with Crippen LogP contribution in [0.2, 0.25) is 5.04 Å². The monoisotopic (exact) mass is 695 g/mol. The third kappa shape index (κ3) is 6.94. The number of halogens is 2. The van der Waals surface area contributed by atoms with E-state index in [1.807, 2.05) is 101 Å². The lowest BCUT2D eigenvalue weighted by atomic mass is 10.1. The predicted molar refractivity (Wildman–Crippen MR) is 191 cm³/mol. The van der Waals surface area contributed by atoms with Crippen molar-refractivity contribution in [2.75, 3.05) is 11.9 Å². The van der Waals surface area contributed by atoms with Crippen LogP contribution in [-0.2, 0) is 10.8 Å². The number of imidazole rings is 1. The van der Waals surface area contributed by atoms with Gasteiger partial charge in [0.15, 0.2) is 0 Å². The summed E-state index contributed by atoms with van der Waals surface area (Å²) in [7, 11) is -3.29. The Hall–Kier alpha value is -5.20. The molecule has 1 atom stereocenters. The first-order valence-corrected chi connectivity index (χ1v) is 18.3. The van der Waals surface area contributed by atoms with Gasteiger partial charge in [0.05, 0.1) is 19.2 Å². The van der Waals surface area contributed by atoms with Gasteiger partial charge in [-0.15, -0.1) is 0 Å². The molecule has 1 N–H and O–H groups in total. The van der Waals surface area contributed by atoms with Crippen LogP contribution in [0.25, 0.3) is 17.0 Å². The topological polar surface area (TPSA) is 104 Å². The smallest absolute Gasteiger partial charge is 0.274 e. The number of hydrogen-bond acceptors (Lipinski definition) is 7. The molecular formula is C38H39F2N5O4Si. The standard InChI is InChI=1S/C38H39F2N5O4Si/c1-6-47-27-19-20-45-31(24-41-33(45)22-27)37(46)42-30-21-26(18-17-25(30)2)36-43-34(48-44-36)23-32(35(39)40)49-50(38(3,4)5,28-13-9-7-10-14-28)29-15-11-8-12-16-29/h7-22,24,32,35H,6,23H2,1-5H3,(H,42,46). The molecule has 0 spiro atoms. The highest BCUT2D eigenvalue weighted by molar-refractivity contribution is 6.99. The molecule has 3 heterocycles. The highest BCUT2D eigenvalue weighted by Crippen LogP contribution is 2.38. The predicted octanol–water partition coefficient (Wildman–Crippen LogP) is 7.10. The molecule has 9 nitrogen and oxygen atoms in total. The molecular weight excluding hydrogens is 657 g/mol. The zero-order chi connectivity index (χ0) is 35.5. The summed E-state index contributed by atoms with van der Waals surface area (Å²) in [6, 6.07) is 28.1. The molecule has 0 saturated carbocycles. The molecule has 0 aliphatic heterocycles. The molecule has 0 saturated heterocycles. The molecule has 3 aromatic heterocycles. The van der Waals surface area contributed by atoms with Crippen LogP contribution in [-0.4, -0.2) is 52.9 Å². The zero-order valence-electron chi connectivity index (χ0n) is 28.6. The number of ether oxygens (including phenoxy) is 1. The van der Waals surface area contributed by atoms with Crippen molar-refractivity contribution in [1.82, 2.24) is 19.5 Å². The minimum Gasteiger partial charge on any atom is -0.494 e. The fourth-order valence-electron chi connectivity index (χ4n) is 6.20. The number of hydrogen-bond donors (Lipinski definition) is 1. The lowest BCUT2D eigenvalue weighted by Gasteiger charge is -2.44. The highest BCUT2D eigenvalue weighted by Gasteiger charge is 2.52. The van der Waals surface area contributed by atoms with Crippen LogP contribution in [0, 0.1) is 6.92 Å². The maximum absolute atomic E-state index is 14.9. The van der Waals surface area contributed by atoms with Crippen LogP contribution in [0.15, 0.2) is 108 Å². The maximum atomic E-state index is 14.9. The van der Waals surface area contributed by atoms with Gasteiger partial charge in [0, 0.05) is 23.5 Å². The van der Waals surface area contributed by atoms with Crippen molar-refractivity contribution in [1.29, 1.82) is 0 Å². The molecule has 12 heteroatoms. The van der Waals surface area contributed by atoms with Gasteiger partial charge in [-0.1, -0.05) is 98.7 Å². The number of carbonyl (C=O) groups is 1. The van der Waals surface area contributed by atoms with Crippen LogP contribution in [0.5, 0.6) is 5.75 Å². The summed E-state index contributed by atoms with van der Waals surface area (Å²) in [4.78, 5) is 22.2. The average Bonchev–Trinajstić information content (AvgIpc) is 3.75. The quantitative estimate of drug-likeness (QED) is 0.136. The molecule has 0 radical (unpaired) electrons. The number of aryl methyl sites for hydroxylation is 1. The Kier molecular flexibility index (Phi) is 9.94. The summed E-state index contributed by atoms with van der Waals surface area (Å²) in [6.45, 7) is 10.4. The van der Waals surface area contributed by atoms with Crippen molar-refractivity contribution in [2.45, 2.75) is 58.6 Å². The Labute approximate surface area is 290 Å². The number of amides is 1. The maximum Gasteiger partial charge on any atom is 0.274 e. The van der Waals surface area contributed by atoms with E-state index in [-0.39, 0.29) is 24.0 Å². The SMILES string of the molecule is CCOc1ccn2c(C(=O)Nc3cc(-c4noc(CC(O[Si](c5ccccc5)(c5ccccc5)C(C)(C)C)C(F)F)n4)ccc3C)cnc2c1. The fourth-order valence-corrected chi connectivity index (χ4v) is 10.9. The Morgan fingerprint density at radius 3 is 2.28 bits per heavy atom. The summed E-state index contributed by atoms with van der Waals surface area (Å²) in [5.74, 6) is 0.518. The van der Waals surface area contributed by atoms with Gasteiger partial charge >= 0.3 is 0 Å². The lowest BCUT2D eigenvalue weighted by molar-refractivity contribution is 0.00243. The largest absolute Gasteiger partial charge is 0.494 e. The summed E-state index contributed by atoms with van der Waals surface area (Å²) in [5, 5.41) is 8.34. The molecule has 50 heavy (non-hydrogen) atoms. The van der Waals surface area contributed by atoms with E-state index >= 15 is 0 Å². The van der Waals surface area contributed by atoms with Gasteiger partial charge < -0.3 is 19.0 Å². The second-order valence-electron chi connectivity index (χ2n) is 13.0. The van der Waals surface area contributed by atoms with Gasteiger partial charge in [-0.05, 0) is 47.0 Å². The van der Waals surface area contributed by atoms with E-state index < -0.39 is 25.9 Å². The number of benzene rings is 3. The second kappa shape index (κ2) is 14.3. The summed E-state index contributed by atoms with van der Waals surface area (Å²) in [5.41, 5.74) is 2.79. The Morgan fingerprint density at radius 1 is 0.980 bits per heavy atom. The Balaban J connectivity index is 1.25. The van der Waals surface area contributed by atoms with Gasteiger partial charge in [-0.25, -0.2) is 13.8 Å². The normalized spacial score (nSPS) is 12.7. The van der Waals surface area contributed by atoms with E-state index in [4.69, 9.17) is 13.7 Å². The van der Waals surface area contributed by atoms with Gasteiger partial charge in [-0.2, -0.15) is 4.98 Å². The first-order valence-electron chi connectivity index (χ1n) is 16.4. The third-order valence-corrected chi connectivity index (χ3v) is 13.7. The van der Waals surface area contributed by atoms with Crippen molar-refractivity contribution in [3.63, 3.8) is 0 Å². The lowest BCUT2D eigenvalue weighted by Crippen LogP contribution is -2.68. The van der Waals surface area contributed by atoms with Crippen LogP contribution >= 0.6 is 0 Å². The van der Waals surface area contributed by atoms with E-state index in [1.165, 1.54) is 6.20 Å². The highest BCUT2D eigenvalue weighted by atomic mass is 28.4. The van der Waals surface area contributed by atoms with Crippen LogP contribution < -0.4 is 20.4 Å². The number of pyridine rings is 1. The minimum absolute atomic E-state index is 0.0199. The molecule has 6 rings (SSSR count). The number of aromatic nitrogens is 4. The van der Waals surface area contributed by atoms with Crippen LogP contribution in [0.3, 0.4) is 0 Å². The third-order valence-electron chi connectivity index (χ3n) is 8.64. The molecule has 1 amide bonds. The summed E-state index contributed by atoms with van der Waals surface area (Å²) < 4.78 is 49.3. The van der Waals surface area contributed by atoms with Gasteiger partial charge in [0.25, 0.3) is 20.7 Å². The number of anilines is 1. The average molecular weight is 696 g/mol. The van der Waals surface area contributed by atoms with Gasteiger partial charge in [0.2, 0.25) is 11.7 Å². The summed E-state index contributed by atoms with van der Waals surface area (Å²) in [6.07, 6.45) is -1.39. The number of alkyl halides is 2. The number of nitrogens with zero attached hydrogens (tertiary/aromatic N) is 4. The van der Waals surface area contributed by atoms with E-state index in [9.17, 15) is 13.6 Å². The minimum atomic E-state index is -3.29. The van der Waals surface area contributed by atoms with Crippen molar-refractivity contribution >= 4 is 35.9 Å². The molecule has 3 aromatic carbocycles. The number of rotatable bonds is 12. The van der Waals surface area contributed by atoms with Crippen molar-refractivity contribution in [3.05, 3.63) is 121 Å². The zero-order valence-corrected chi connectivity index (χ0v) is 29.6. The van der Waals surface area contributed by atoms with E-state index in [1.54, 1.807) is 34.9 Å². The Morgan fingerprint density at radius 2 is 1.66 bits per heavy atom. The van der Waals surface area contributed by atoms with Crippen molar-refractivity contribution in [2.24, 2.45) is 0 Å². The molecule has 6 aromatic rings. The second-order valence-corrected chi connectivity index (χ2v) is 17.3. The summed E-state index contributed by atoms with van der Waals surface area (Å²) >= 11 is 0. The number of nitrogens with one attached hydrogen (secondary N) is 1. The molecule has 0 bridgehead atoms. The van der Waals surface area contributed by atoms with Crippen molar-refractivity contribution < 1.29 is 27.3 Å². The number of carbonyl (C=O) groups excluding carboxylic acids is 1. The van der Waals surface area contributed by atoms with Gasteiger partial charge in [-0.3, -0.25) is 9.20 Å². The fraction of sp³-hybridized carbons (Fsp3) is 0.263. The molecule has 258 valence electrons. The van der Waals surface area contributed by atoms with Crippen LogP contribution in [0.4, 0.5) is 14.5 Å². The van der Waals surface area contributed by atoms with Gasteiger partial charge in [0.1, 0.15) is 23.2 Å². The first kappa shape index (κ1) is 34.7. The number of fused-ring (bicyclic) bond motifs is 1. The molecule has 0 aliphatic rings. The Bertz CT molecular complexity index is 2040. The molecule has 1 unspecified atom stereocenters. The molecule has 0 fully saturated rings. The van der Waals surface area contributed by atoms with Crippen molar-refractivity contribution in [3.8, 4) is 17.1 Å². The van der Waals surface area contributed by atoms with E-state index in [2.05, 4.69) is 20.4 Å². The van der Waals surface area contributed by atoms with E-state index in [0.717, 1.165) is 15.9 Å².